The summed E-state index contributed by atoms with van der Waals surface area (Å²) < 4.78 is 0. The molecule has 4 rings (SSSR count). The maximum Gasteiger partial charge on any atom is 0.0438 e. The maximum absolute atomic E-state index is 6.40. The van der Waals surface area contributed by atoms with Crippen LogP contribution in [0, 0.1) is 6.42 Å². The Morgan fingerprint density at radius 1 is 0.857 bits per heavy atom. The molecule has 1 heterocycles. The van der Waals surface area contributed by atoms with Crippen LogP contribution in [0.15, 0.2) is 54.6 Å². The lowest BCUT2D eigenvalue weighted by molar-refractivity contribution is 0.0626. The van der Waals surface area contributed by atoms with Crippen molar-refractivity contribution in [1.29, 1.82) is 0 Å². The highest BCUT2D eigenvalue weighted by Gasteiger charge is 2.29. The summed E-state index contributed by atoms with van der Waals surface area (Å²) in [6.45, 7) is 4.70. The van der Waals surface area contributed by atoms with E-state index < -0.39 is 0 Å². The molecule has 1 aliphatic heterocycles. The van der Waals surface area contributed by atoms with Crippen LogP contribution in [0.4, 0.5) is 0 Å². The molecule has 1 saturated heterocycles. The highest BCUT2D eigenvalue weighted by atomic mass is 35.5. The van der Waals surface area contributed by atoms with Crippen molar-refractivity contribution in [1.82, 2.24) is 9.80 Å². The molecule has 1 unspecified atom stereocenters. The van der Waals surface area contributed by atoms with Gasteiger partial charge in [0.05, 0.1) is 0 Å². The molecule has 0 amide bonds. The van der Waals surface area contributed by atoms with Crippen LogP contribution in [0.1, 0.15) is 49.3 Å². The van der Waals surface area contributed by atoms with E-state index in [4.69, 9.17) is 11.6 Å². The first-order valence-electron chi connectivity index (χ1n) is 10.9. The zero-order valence-corrected chi connectivity index (χ0v) is 17.5. The largest absolute Gasteiger partial charge is 0.298 e. The van der Waals surface area contributed by atoms with Gasteiger partial charge in [0.2, 0.25) is 0 Å². The molecule has 28 heavy (non-hydrogen) atoms. The van der Waals surface area contributed by atoms with Crippen LogP contribution in [0.3, 0.4) is 0 Å². The van der Waals surface area contributed by atoms with Gasteiger partial charge in [0, 0.05) is 43.3 Å². The minimum Gasteiger partial charge on any atom is -0.298 e. The zero-order valence-electron chi connectivity index (χ0n) is 16.8. The molecule has 2 fully saturated rings. The number of hydrogen-bond acceptors (Lipinski definition) is 2. The number of rotatable bonds is 6. The number of piperazine rings is 1. The summed E-state index contributed by atoms with van der Waals surface area (Å²) in [7, 11) is 0. The molecule has 1 aliphatic carbocycles. The van der Waals surface area contributed by atoms with E-state index >= 15 is 0 Å². The Hall–Kier alpha value is -1.35. The number of nitrogens with zero attached hydrogens (tertiary/aromatic N) is 2. The van der Waals surface area contributed by atoms with E-state index in [1.54, 1.807) is 0 Å². The average molecular weight is 396 g/mol. The summed E-state index contributed by atoms with van der Waals surface area (Å²) in [5, 5.41) is 0.868. The number of benzene rings is 2. The first-order chi connectivity index (χ1) is 13.8. The Morgan fingerprint density at radius 3 is 2.25 bits per heavy atom. The Bertz CT molecular complexity index is 718. The van der Waals surface area contributed by atoms with E-state index in [9.17, 15) is 0 Å². The van der Waals surface area contributed by atoms with Crippen molar-refractivity contribution in [3.8, 4) is 0 Å². The molecule has 2 aliphatic rings. The summed E-state index contributed by atoms with van der Waals surface area (Å²) >= 11 is 6.40. The van der Waals surface area contributed by atoms with E-state index in [1.807, 2.05) is 12.1 Å². The minimum atomic E-state index is 0.353. The standard InChI is InChI=1S/C25H32ClN2/c26-24-14-8-7-9-21(24)15-16-25(22-10-3-1-4-11-22)28-19-17-27(18-20-28)23-12-5-2-6-13-23/h1,3-4,7-11,14,16,23,25H,2,5-6,12-13,15,17-20H2. The second kappa shape index (κ2) is 9.91. The Labute approximate surface area is 175 Å². The van der Waals surface area contributed by atoms with Crippen molar-refractivity contribution in [3.63, 3.8) is 0 Å². The predicted molar refractivity (Wildman–Crippen MR) is 119 cm³/mol. The van der Waals surface area contributed by atoms with Crippen molar-refractivity contribution in [3.05, 3.63) is 77.2 Å². The van der Waals surface area contributed by atoms with E-state index in [2.05, 4.69) is 58.7 Å². The van der Waals surface area contributed by atoms with Crippen LogP contribution >= 0.6 is 11.6 Å². The lowest BCUT2D eigenvalue weighted by atomic mass is 9.93. The molecular formula is C25H32ClN2. The summed E-state index contributed by atoms with van der Waals surface area (Å²) in [5.74, 6) is 0. The van der Waals surface area contributed by atoms with Crippen molar-refractivity contribution in [2.45, 2.75) is 50.6 Å². The lowest BCUT2D eigenvalue weighted by Crippen LogP contribution is -2.51. The van der Waals surface area contributed by atoms with E-state index in [0.29, 0.717) is 6.04 Å². The second-order valence-electron chi connectivity index (χ2n) is 8.25. The van der Waals surface area contributed by atoms with Gasteiger partial charge in [-0.1, -0.05) is 79.4 Å². The van der Waals surface area contributed by atoms with E-state index in [-0.39, 0.29) is 0 Å². The minimum absolute atomic E-state index is 0.353. The first kappa shape index (κ1) is 19.9. The molecule has 1 saturated carbocycles. The zero-order chi connectivity index (χ0) is 19.2. The molecule has 3 heteroatoms. The molecule has 0 bridgehead atoms. The van der Waals surface area contributed by atoms with Gasteiger partial charge in [-0.15, -0.1) is 0 Å². The third kappa shape index (κ3) is 4.97. The number of hydrogen-bond donors (Lipinski definition) is 0. The molecule has 2 aromatic carbocycles. The smallest absolute Gasteiger partial charge is 0.0438 e. The van der Waals surface area contributed by atoms with Crippen molar-refractivity contribution in [2.75, 3.05) is 26.2 Å². The summed E-state index contributed by atoms with van der Waals surface area (Å²) in [6.07, 6.45) is 10.4. The van der Waals surface area contributed by atoms with Crippen LogP contribution in [0.5, 0.6) is 0 Å². The van der Waals surface area contributed by atoms with Gasteiger partial charge in [0.25, 0.3) is 0 Å². The van der Waals surface area contributed by atoms with Gasteiger partial charge in [-0.05, 0) is 42.9 Å². The van der Waals surface area contributed by atoms with Crippen LogP contribution in [-0.4, -0.2) is 42.0 Å². The van der Waals surface area contributed by atoms with Gasteiger partial charge >= 0.3 is 0 Å². The molecule has 0 N–H and O–H groups in total. The van der Waals surface area contributed by atoms with Gasteiger partial charge in [0.1, 0.15) is 0 Å². The third-order valence-electron chi connectivity index (χ3n) is 6.49. The Balaban J connectivity index is 1.42. The SMILES string of the molecule is Clc1ccccc1C[CH]C(c1ccccc1)N1CCN(C2CCCCC2)CC1. The lowest BCUT2D eigenvalue weighted by Gasteiger charge is -2.43. The van der Waals surface area contributed by atoms with Gasteiger partial charge < -0.3 is 0 Å². The molecule has 2 aromatic rings. The highest BCUT2D eigenvalue weighted by Crippen LogP contribution is 2.30. The van der Waals surface area contributed by atoms with Crippen LogP contribution in [-0.2, 0) is 6.42 Å². The molecule has 1 atom stereocenters. The fourth-order valence-electron chi connectivity index (χ4n) is 4.88. The fraction of sp³-hybridized carbons (Fsp3) is 0.480. The Kier molecular flexibility index (Phi) is 7.06. The van der Waals surface area contributed by atoms with Crippen LogP contribution in [0.2, 0.25) is 5.02 Å². The average Bonchev–Trinajstić information content (AvgIpc) is 2.77. The molecular weight excluding hydrogens is 364 g/mol. The molecule has 149 valence electrons. The summed E-state index contributed by atoms with van der Waals surface area (Å²) in [5.41, 5.74) is 2.60. The second-order valence-corrected chi connectivity index (χ2v) is 8.66. The van der Waals surface area contributed by atoms with Gasteiger partial charge in [-0.2, -0.15) is 0 Å². The number of halogens is 1. The Morgan fingerprint density at radius 2 is 1.54 bits per heavy atom. The monoisotopic (exact) mass is 395 g/mol. The molecule has 2 nitrogen and oxygen atoms in total. The quantitative estimate of drug-likeness (QED) is 0.611. The fourth-order valence-corrected chi connectivity index (χ4v) is 5.09. The summed E-state index contributed by atoms with van der Waals surface area (Å²) in [6, 6.07) is 20.4. The highest BCUT2D eigenvalue weighted by molar-refractivity contribution is 6.31. The molecule has 0 spiro atoms. The first-order valence-corrected chi connectivity index (χ1v) is 11.3. The normalized spacial score (nSPS) is 20.9. The van der Waals surface area contributed by atoms with E-state index in [1.165, 1.54) is 56.3 Å². The van der Waals surface area contributed by atoms with Crippen LogP contribution < -0.4 is 0 Å². The molecule has 0 aromatic heterocycles. The van der Waals surface area contributed by atoms with Gasteiger partial charge in [0.15, 0.2) is 0 Å². The molecule has 1 radical (unpaired) electrons. The maximum atomic E-state index is 6.40. The van der Waals surface area contributed by atoms with Gasteiger partial charge in [-0.3, -0.25) is 9.80 Å². The van der Waals surface area contributed by atoms with Gasteiger partial charge in [-0.25, -0.2) is 0 Å². The van der Waals surface area contributed by atoms with E-state index in [0.717, 1.165) is 30.6 Å². The van der Waals surface area contributed by atoms with Crippen molar-refractivity contribution in [2.24, 2.45) is 0 Å². The summed E-state index contributed by atoms with van der Waals surface area (Å²) in [4.78, 5) is 5.41. The predicted octanol–water partition coefficient (Wildman–Crippen LogP) is 5.78. The third-order valence-corrected chi connectivity index (χ3v) is 6.86. The topological polar surface area (TPSA) is 6.48 Å². The van der Waals surface area contributed by atoms with Crippen molar-refractivity contribution >= 4 is 11.6 Å². The van der Waals surface area contributed by atoms with Crippen molar-refractivity contribution < 1.29 is 0 Å². The van der Waals surface area contributed by atoms with Crippen LogP contribution in [0.25, 0.3) is 0 Å².